The van der Waals surface area contributed by atoms with Crippen molar-refractivity contribution in [3.8, 4) is 11.5 Å². The van der Waals surface area contributed by atoms with Gasteiger partial charge >= 0.3 is 0 Å². The van der Waals surface area contributed by atoms with Gasteiger partial charge in [-0.3, -0.25) is 4.79 Å². The molecular weight excluding hydrogens is 316 g/mol. The van der Waals surface area contributed by atoms with Gasteiger partial charge in [0.05, 0.1) is 0 Å². The molecule has 0 bridgehead atoms. The molecule has 0 saturated heterocycles. The lowest BCUT2D eigenvalue weighted by atomic mass is 10.2. The van der Waals surface area contributed by atoms with E-state index < -0.39 is 0 Å². The van der Waals surface area contributed by atoms with Gasteiger partial charge in [0.1, 0.15) is 0 Å². The Kier molecular flexibility index (Phi) is 5.23. The summed E-state index contributed by atoms with van der Waals surface area (Å²) >= 11 is 0. The minimum absolute atomic E-state index is 0.173. The van der Waals surface area contributed by atoms with Gasteiger partial charge in [-0.1, -0.05) is 6.07 Å². The fraction of sp³-hybridized carbons (Fsp3) is 0.250. The maximum absolute atomic E-state index is 12.1. The lowest BCUT2D eigenvalue weighted by Gasteiger charge is -2.21. The minimum Gasteiger partial charge on any atom is -0.454 e. The summed E-state index contributed by atoms with van der Waals surface area (Å²) in [7, 11) is 0. The number of rotatable bonds is 6. The van der Waals surface area contributed by atoms with Crippen molar-refractivity contribution in [2.45, 2.75) is 13.8 Å². The summed E-state index contributed by atoms with van der Waals surface area (Å²) in [4.78, 5) is 14.3. The average molecular weight is 338 g/mol. The molecule has 2 aromatic rings. The maximum Gasteiger partial charge on any atom is 0.248 e. The van der Waals surface area contributed by atoms with Crippen LogP contribution in [0.4, 0.5) is 11.4 Å². The highest BCUT2D eigenvalue weighted by molar-refractivity contribution is 6.02. The van der Waals surface area contributed by atoms with Crippen LogP contribution in [0, 0.1) is 0 Å². The zero-order chi connectivity index (χ0) is 17.6. The van der Waals surface area contributed by atoms with Crippen molar-refractivity contribution >= 4 is 23.4 Å². The fourth-order valence-corrected chi connectivity index (χ4v) is 2.72. The summed E-state index contributed by atoms with van der Waals surface area (Å²) < 4.78 is 10.6. The van der Waals surface area contributed by atoms with Crippen LogP contribution in [0.5, 0.6) is 11.5 Å². The second kappa shape index (κ2) is 7.75. The number of carbonyl (C=O) groups excluding carboxylic acids is 1. The van der Waals surface area contributed by atoms with Gasteiger partial charge < -0.3 is 19.7 Å². The van der Waals surface area contributed by atoms with Crippen molar-refractivity contribution in [2.75, 3.05) is 30.1 Å². The smallest absolute Gasteiger partial charge is 0.248 e. The van der Waals surface area contributed by atoms with E-state index in [2.05, 4.69) is 24.1 Å². The second-order valence-corrected chi connectivity index (χ2v) is 5.65. The van der Waals surface area contributed by atoms with E-state index in [-0.39, 0.29) is 12.7 Å². The highest BCUT2D eigenvalue weighted by Gasteiger charge is 2.12. The molecule has 0 aliphatic carbocycles. The SMILES string of the molecule is CCN(CC)c1ccc(NC(=O)/C=C/c2ccc3c(c2)OCO3)cc1. The number of benzene rings is 2. The minimum atomic E-state index is -0.173. The van der Waals surface area contributed by atoms with Gasteiger partial charge in [-0.05, 0) is 61.9 Å². The first-order valence-electron chi connectivity index (χ1n) is 8.43. The van der Waals surface area contributed by atoms with E-state index in [9.17, 15) is 4.79 Å². The molecular formula is C20H22N2O3. The van der Waals surface area contributed by atoms with E-state index in [1.807, 2.05) is 42.5 Å². The first-order valence-corrected chi connectivity index (χ1v) is 8.43. The van der Waals surface area contributed by atoms with Crippen LogP contribution in [-0.4, -0.2) is 25.8 Å². The molecule has 25 heavy (non-hydrogen) atoms. The van der Waals surface area contributed by atoms with Gasteiger partial charge in [-0.15, -0.1) is 0 Å². The molecule has 1 heterocycles. The van der Waals surface area contributed by atoms with E-state index >= 15 is 0 Å². The first-order chi connectivity index (χ1) is 12.2. The molecule has 0 fully saturated rings. The normalized spacial score (nSPS) is 12.4. The summed E-state index contributed by atoms with van der Waals surface area (Å²) in [5, 5.41) is 2.87. The van der Waals surface area contributed by atoms with Crippen LogP contribution in [-0.2, 0) is 4.79 Å². The quantitative estimate of drug-likeness (QED) is 0.811. The molecule has 3 rings (SSSR count). The summed E-state index contributed by atoms with van der Waals surface area (Å²) in [5.74, 6) is 1.26. The topological polar surface area (TPSA) is 50.8 Å². The second-order valence-electron chi connectivity index (χ2n) is 5.65. The summed E-state index contributed by atoms with van der Waals surface area (Å²) in [5.41, 5.74) is 2.81. The zero-order valence-corrected chi connectivity index (χ0v) is 14.5. The van der Waals surface area contributed by atoms with Crippen molar-refractivity contribution in [3.63, 3.8) is 0 Å². The molecule has 5 heteroatoms. The Morgan fingerprint density at radius 2 is 1.80 bits per heavy atom. The van der Waals surface area contributed by atoms with Crippen LogP contribution in [0.1, 0.15) is 19.4 Å². The molecule has 0 atom stereocenters. The Morgan fingerprint density at radius 3 is 2.52 bits per heavy atom. The van der Waals surface area contributed by atoms with Gasteiger partial charge in [0.2, 0.25) is 12.7 Å². The highest BCUT2D eigenvalue weighted by atomic mass is 16.7. The summed E-state index contributed by atoms with van der Waals surface area (Å²) in [6.45, 7) is 6.41. The van der Waals surface area contributed by atoms with Crippen molar-refractivity contribution in [1.29, 1.82) is 0 Å². The molecule has 0 spiro atoms. The molecule has 5 nitrogen and oxygen atoms in total. The number of hydrogen-bond donors (Lipinski definition) is 1. The molecule has 1 aliphatic rings. The third-order valence-corrected chi connectivity index (χ3v) is 4.09. The van der Waals surface area contributed by atoms with E-state index in [4.69, 9.17) is 9.47 Å². The number of ether oxygens (including phenoxy) is 2. The molecule has 2 aromatic carbocycles. The van der Waals surface area contributed by atoms with Crippen molar-refractivity contribution < 1.29 is 14.3 Å². The Bertz CT molecular complexity index is 765. The molecule has 0 saturated carbocycles. The number of amides is 1. The Balaban J connectivity index is 1.60. The molecule has 1 aliphatic heterocycles. The van der Waals surface area contributed by atoms with Gasteiger partial charge in [0, 0.05) is 30.5 Å². The fourth-order valence-electron chi connectivity index (χ4n) is 2.72. The molecule has 130 valence electrons. The molecule has 0 unspecified atom stereocenters. The van der Waals surface area contributed by atoms with Crippen LogP contribution in [0.2, 0.25) is 0 Å². The van der Waals surface area contributed by atoms with Gasteiger partial charge in [-0.25, -0.2) is 0 Å². The molecule has 1 amide bonds. The summed E-state index contributed by atoms with van der Waals surface area (Å²) in [6.07, 6.45) is 3.26. The summed E-state index contributed by atoms with van der Waals surface area (Å²) in [6, 6.07) is 13.4. The third-order valence-electron chi connectivity index (χ3n) is 4.09. The molecule has 1 N–H and O–H groups in total. The van der Waals surface area contributed by atoms with Crippen molar-refractivity contribution in [1.82, 2.24) is 0 Å². The van der Waals surface area contributed by atoms with E-state index in [1.54, 1.807) is 6.08 Å². The zero-order valence-electron chi connectivity index (χ0n) is 14.5. The molecule has 0 aromatic heterocycles. The number of anilines is 2. The largest absolute Gasteiger partial charge is 0.454 e. The molecule has 0 radical (unpaired) electrons. The van der Waals surface area contributed by atoms with E-state index in [0.29, 0.717) is 5.75 Å². The standard InChI is InChI=1S/C20H22N2O3/c1-3-22(4-2)17-9-7-16(8-10-17)21-20(23)12-6-15-5-11-18-19(13-15)25-14-24-18/h5-13H,3-4,14H2,1-2H3,(H,21,23)/b12-6+. The van der Waals surface area contributed by atoms with Gasteiger partial charge in [0.15, 0.2) is 11.5 Å². The Hall–Kier alpha value is -2.95. The predicted octanol–water partition coefficient (Wildman–Crippen LogP) is 3.91. The Labute approximate surface area is 147 Å². The van der Waals surface area contributed by atoms with Crippen molar-refractivity contribution in [2.24, 2.45) is 0 Å². The van der Waals surface area contributed by atoms with Crippen LogP contribution in [0.15, 0.2) is 48.5 Å². The lowest BCUT2D eigenvalue weighted by molar-refractivity contribution is -0.111. The number of carbonyl (C=O) groups is 1. The predicted molar refractivity (Wildman–Crippen MR) is 100 cm³/mol. The Morgan fingerprint density at radius 1 is 1.08 bits per heavy atom. The van der Waals surface area contributed by atoms with Crippen molar-refractivity contribution in [3.05, 3.63) is 54.1 Å². The number of nitrogens with zero attached hydrogens (tertiary/aromatic N) is 1. The van der Waals surface area contributed by atoms with E-state index in [1.165, 1.54) is 6.08 Å². The monoisotopic (exact) mass is 338 g/mol. The average Bonchev–Trinajstić information content (AvgIpc) is 3.10. The highest BCUT2D eigenvalue weighted by Crippen LogP contribution is 2.32. The lowest BCUT2D eigenvalue weighted by Crippen LogP contribution is -2.21. The van der Waals surface area contributed by atoms with Crippen LogP contribution in [0.3, 0.4) is 0 Å². The maximum atomic E-state index is 12.1. The van der Waals surface area contributed by atoms with E-state index in [0.717, 1.165) is 35.8 Å². The number of nitrogens with one attached hydrogen (secondary N) is 1. The van der Waals surface area contributed by atoms with Crippen LogP contribution in [0.25, 0.3) is 6.08 Å². The number of fused-ring (bicyclic) bond motifs is 1. The van der Waals surface area contributed by atoms with Crippen LogP contribution < -0.4 is 19.7 Å². The third kappa shape index (κ3) is 4.12. The first kappa shape index (κ1) is 16.9. The van der Waals surface area contributed by atoms with Crippen LogP contribution >= 0.6 is 0 Å². The van der Waals surface area contributed by atoms with Gasteiger partial charge in [-0.2, -0.15) is 0 Å². The number of hydrogen-bond acceptors (Lipinski definition) is 4. The van der Waals surface area contributed by atoms with Gasteiger partial charge in [0.25, 0.3) is 0 Å².